The number of rotatable bonds is 5. The molecule has 0 aliphatic heterocycles. The van der Waals surface area contributed by atoms with E-state index >= 15 is 0 Å². The molecule has 0 aliphatic carbocycles. The van der Waals surface area contributed by atoms with Gasteiger partial charge in [-0.25, -0.2) is 4.98 Å². The van der Waals surface area contributed by atoms with Gasteiger partial charge < -0.3 is 20.9 Å². The number of aromatic nitrogens is 2. The second-order valence-corrected chi connectivity index (χ2v) is 4.29. The van der Waals surface area contributed by atoms with Gasteiger partial charge in [0.05, 0.1) is 17.9 Å². The van der Waals surface area contributed by atoms with Gasteiger partial charge in [0.1, 0.15) is 5.75 Å². The number of benzene rings is 1. The number of aliphatic carboxylic acids is 1. The molecular weight excluding hydrogens is 246 g/mol. The molecule has 100 valence electrons. The molecular formula is C13H15N3O3. The molecule has 0 amide bonds. The number of nitrogens with two attached hydrogens (primary N) is 1. The van der Waals surface area contributed by atoms with Crippen molar-refractivity contribution in [2.24, 2.45) is 11.7 Å². The maximum absolute atomic E-state index is 11.4. The first-order valence-electron chi connectivity index (χ1n) is 5.83. The van der Waals surface area contributed by atoms with Crippen LogP contribution in [0.5, 0.6) is 5.75 Å². The van der Waals surface area contributed by atoms with Gasteiger partial charge in [-0.3, -0.25) is 4.79 Å². The van der Waals surface area contributed by atoms with Gasteiger partial charge in [-0.15, -0.1) is 0 Å². The Morgan fingerprint density at radius 3 is 2.74 bits per heavy atom. The van der Waals surface area contributed by atoms with Crippen molar-refractivity contribution >= 4 is 5.97 Å². The van der Waals surface area contributed by atoms with E-state index in [2.05, 4.69) is 9.97 Å². The number of H-pyrrole nitrogens is 1. The molecule has 2 aromatic rings. The fraction of sp³-hybridized carbons (Fsp3) is 0.231. The third kappa shape index (κ3) is 2.92. The number of aromatic amines is 1. The zero-order valence-corrected chi connectivity index (χ0v) is 10.2. The summed E-state index contributed by atoms with van der Waals surface area (Å²) in [5.74, 6) is -1.86. The van der Waals surface area contributed by atoms with Crippen LogP contribution in [0, 0.1) is 5.92 Å². The number of carbonyl (C=O) groups is 1. The van der Waals surface area contributed by atoms with E-state index in [0.717, 1.165) is 0 Å². The molecule has 0 fully saturated rings. The standard InChI is InChI=1S/C13H15N3O3/c14-12(9-3-1-2-4-11(9)17)10(13(18)19)5-8-6-15-7-16-8/h1-4,6-7,10,12,17H,5,14H2,(H,15,16)(H,18,19). The molecule has 0 bridgehead atoms. The van der Waals surface area contributed by atoms with Crippen molar-refractivity contribution in [1.82, 2.24) is 9.97 Å². The normalized spacial score (nSPS) is 13.9. The van der Waals surface area contributed by atoms with Crippen molar-refractivity contribution in [3.8, 4) is 5.75 Å². The summed E-state index contributed by atoms with van der Waals surface area (Å²) in [7, 11) is 0. The number of nitrogens with zero attached hydrogens (tertiary/aromatic N) is 1. The molecule has 5 N–H and O–H groups in total. The second-order valence-electron chi connectivity index (χ2n) is 4.29. The van der Waals surface area contributed by atoms with Crippen LogP contribution in [0.25, 0.3) is 0 Å². The smallest absolute Gasteiger partial charge is 0.308 e. The monoisotopic (exact) mass is 261 g/mol. The first kappa shape index (κ1) is 13.1. The molecule has 0 spiro atoms. The predicted octanol–water partition coefficient (Wildman–Crippen LogP) is 1.06. The van der Waals surface area contributed by atoms with Crippen LogP contribution in [0.1, 0.15) is 17.3 Å². The van der Waals surface area contributed by atoms with E-state index in [0.29, 0.717) is 11.3 Å². The van der Waals surface area contributed by atoms with Gasteiger partial charge in [0.25, 0.3) is 0 Å². The summed E-state index contributed by atoms with van der Waals surface area (Å²) in [5, 5.41) is 19.0. The van der Waals surface area contributed by atoms with E-state index in [1.54, 1.807) is 24.4 Å². The van der Waals surface area contributed by atoms with Crippen LogP contribution in [0.4, 0.5) is 0 Å². The van der Waals surface area contributed by atoms with Crippen molar-refractivity contribution in [2.45, 2.75) is 12.5 Å². The molecule has 2 unspecified atom stereocenters. The average molecular weight is 261 g/mol. The number of carboxylic acid groups (broad SMARTS) is 1. The van der Waals surface area contributed by atoms with Crippen molar-refractivity contribution in [2.75, 3.05) is 0 Å². The molecule has 2 rings (SSSR count). The van der Waals surface area contributed by atoms with Crippen molar-refractivity contribution in [3.05, 3.63) is 48.0 Å². The first-order chi connectivity index (χ1) is 9.09. The van der Waals surface area contributed by atoms with E-state index in [1.807, 2.05) is 0 Å². The van der Waals surface area contributed by atoms with E-state index < -0.39 is 17.9 Å². The van der Waals surface area contributed by atoms with Crippen molar-refractivity contribution in [1.29, 1.82) is 0 Å². The highest BCUT2D eigenvalue weighted by molar-refractivity contribution is 5.72. The van der Waals surface area contributed by atoms with Crippen molar-refractivity contribution < 1.29 is 15.0 Å². The molecule has 2 atom stereocenters. The lowest BCUT2D eigenvalue weighted by Gasteiger charge is -2.20. The average Bonchev–Trinajstić information content (AvgIpc) is 2.88. The predicted molar refractivity (Wildman–Crippen MR) is 68.5 cm³/mol. The molecule has 0 saturated carbocycles. The summed E-state index contributed by atoms with van der Waals surface area (Å²) in [6.45, 7) is 0. The second kappa shape index (κ2) is 5.53. The van der Waals surface area contributed by atoms with E-state index in [-0.39, 0.29) is 12.2 Å². The third-order valence-corrected chi connectivity index (χ3v) is 3.03. The SMILES string of the molecule is NC(c1ccccc1O)C(Cc1c[nH]cn1)C(=O)O. The van der Waals surface area contributed by atoms with E-state index in [1.165, 1.54) is 12.4 Å². The van der Waals surface area contributed by atoms with Crippen LogP contribution in [-0.2, 0) is 11.2 Å². The summed E-state index contributed by atoms with van der Waals surface area (Å²) < 4.78 is 0. The molecule has 0 radical (unpaired) electrons. The summed E-state index contributed by atoms with van der Waals surface area (Å²) in [6, 6.07) is 5.69. The van der Waals surface area contributed by atoms with Crippen LogP contribution in [0.15, 0.2) is 36.8 Å². The maximum Gasteiger partial charge on any atom is 0.308 e. The summed E-state index contributed by atoms with van der Waals surface area (Å²) in [5.41, 5.74) is 7.02. The number of para-hydroxylation sites is 1. The number of aromatic hydroxyl groups is 1. The van der Waals surface area contributed by atoms with Gasteiger partial charge in [0, 0.05) is 24.2 Å². The number of nitrogens with one attached hydrogen (secondary N) is 1. The van der Waals surface area contributed by atoms with Crippen molar-refractivity contribution in [3.63, 3.8) is 0 Å². The fourth-order valence-corrected chi connectivity index (χ4v) is 1.98. The Balaban J connectivity index is 2.24. The Hall–Kier alpha value is -2.34. The largest absolute Gasteiger partial charge is 0.508 e. The quantitative estimate of drug-likeness (QED) is 0.643. The maximum atomic E-state index is 11.4. The third-order valence-electron chi connectivity index (χ3n) is 3.03. The lowest BCUT2D eigenvalue weighted by atomic mass is 9.89. The van der Waals surface area contributed by atoms with E-state index in [4.69, 9.17) is 5.73 Å². The Bertz CT molecular complexity index is 554. The summed E-state index contributed by atoms with van der Waals surface area (Å²) >= 11 is 0. The Morgan fingerprint density at radius 1 is 1.42 bits per heavy atom. The molecule has 1 aromatic carbocycles. The zero-order valence-electron chi connectivity index (χ0n) is 10.2. The number of carboxylic acids is 1. The van der Waals surface area contributed by atoms with Gasteiger partial charge >= 0.3 is 5.97 Å². The molecule has 1 aromatic heterocycles. The van der Waals surface area contributed by atoms with Gasteiger partial charge in [-0.05, 0) is 6.07 Å². The number of phenolic OH excluding ortho intramolecular Hbond substituents is 1. The van der Waals surface area contributed by atoms with Gasteiger partial charge in [-0.1, -0.05) is 18.2 Å². The highest BCUT2D eigenvalue weighted by Gasteiger charge is 2.28. The van der Waals surface area contributed by atoms with Gasteiger partial charge in [0.2, 0.25) is 0 Å². The van der Waals surface area contributed by atoms with Crippen LogP contribution < -0.4 is 5.73 Å². The van der Waals surface area contributed by atoms with Crippen LogP contribution in [0.2, 0.25) is 0 Å². The van der Waals surface area contributed by atoms with Crippen LogP contribution >= 0.6 is 0 Å². The number of hydrogen-bond acceptors (Lipinski definition) is 4. The minimum absolute atomic E-state index is 0.00304. The molecule has 6 nitrogen and oxygen atoms in total. The summed E-state index contributed by atoms with van der Waals surface area (Å²) in [4.78, 5) is 18.1. The molecule has 0 aliphatic rings. The molecule has 19 heavy (non-hydrogen) atoms. The number of imidazole rings is 1. The summed E-state index contributed by atoms with van der Waals surface area (Å²) in [6.07, 6.45) is 3.32. The van der Waals surface area contributed by atoms with Gasteiger partial charge in [0.15, 0.2) is 0 Å². The van der Waals surface area contributed by atoms with Gasteiger partial charge in [-0.2, -0.15) is 0 Å². The molecule has 6 heteroatoms. The number of phenols is 1. The molecule has 1 heterocycles. The Morgan fingerprint density at radius 2 is 2.16 bits per heavy atom. The van der Waals surface area contributed by atoms with Crippen LogP contribution in [-0.4, -0.2) is 26.2 Å². The molecule has 0 saturated heterocycles. The lowest BCUT2D eigenvalue weighted by Crippen LogP contribution is -2.30. The Labute approximate surface area is 109 Å². The topological polar surface area (TPSA) is 112 Å². The number of hydrogen-bond donors (Lipinski definition) is 4. The minimum Gasteiger partial charge on any atom is -0.508 e. The minimum atomic E-state index is -1.02. The fourth-order valence-electron chi connectivity index (χ4n) is 1.98. The lowest BCUT2D eigenvalue weighted by molar-refractivity contribution is -0.142. The zero-order chi connectivity index (χ0) is 13.8. The highest BCUT2D eigenvalue weighted by atomic mass is 16.4. The van der Waals surface area contributed by atoms with Crippen LogP contribution in [0.3, 0.4) is 0 Å². The first-order valence-corrected chi connectivity index (χ1v) is 5.83. The highest BCUT2D eigenvalue weighted by Crippen LogP contribution is 2.29. The Kier molecular flexibility index (Phi) is 3.82. The van der Waals surface area contributed by atoms with E-state index in [9.17, 15) is 15.0 Å².